The minimum atomic E-state index is -0.381. The van der Waals surface area contributed by atoms with Gasteiger partial charge in [0.05, 0.1) is 13.0 Å². The summed E-state index contributed by atoms with van der Waals surface area (Å²) in [6.45, 7) is 3.68. The van der Waals surface area contributed by atoms with E-state index >= 15 is 0 Å². The van der Waals surface area contributed by atoms with Crippen LogP contribution >= 0.6 is 0 Å². The van der Waals surface area contributed by atoms with E-state index in [1.165, 1.54) is 0 Å². The van der Waals surface area contributed by atoms with Gasteiger partial charge >= 0.3 is 0 Å². The summed E-state index contributed by atoms with van der Waals surface area (Å²) in [5.41, 5.74) is 2.20. The topological polar surface area (TPSA) is 66.4 Å². The number of hydrogen-bond acceptors (Lipinski definition) is 3. The zero-order valence-electron chi connectivity index (χ0n) is 10.6. The first-order valence-electron chi connectivity index (χ1n) is 6.10. The first kappa shape index (κ1) is 12.8. The van der Waals surface area contributed by atoms with Gasteiger partial charge < -0.3 is 10.4 Å². The van der Waals surface area contributed by atoms with Crippen molar-refractivity contribution < 1.29 is 14.7 Å². The van der Waals surface area contributed by atoms with Crippen LogP contribution in [0.15, 0.2) is 18.2 Å². The van der Waals surface area contributed by atoms with Crippen molar-refractivity contribution in [1.82, 2.24) is 0 Å². The Kier molecular flexibility index (Phi) is 3.48. The normalized spacial score (nSPS) is 15.4. The summed E-state index contributed by atoms with van der Waals surface area (Å²) in [5.74, 6) is -0.393. The second kappa shape index (κ2) is 4.90. The number of benzene rings is 1. The van der Waals surface area contributed by atoms with Crippen molar-refractivity contribution in [2.45, 2.75) is 20.3 Å². The van der Waals surface area contributed by atoms with Gasteiger partial charge in [-0.15, -0.1) is 0 Å². The van der Waals surface area contributed by atoms with E-state index in [4.69, 9.17) is 0 Å². The Morgan fingerprint density at radius 3 is 2.78 bits per heavy atom. The van der Waals surface area contributed by atoms with Crippen LogP contribution in [0.1, 0.15) is 29.8 Å². The lowest BCUT2D eigenvalue weighted by atomic mass is 9.88. The molecule has 2 N–H and O–H groups in total. The first-order valence-corrected chi connectivity index (χ1v) is 6.10. The zero-order valence-corrected chi connectivity index (χ0v) is 10.6. The highest BCUT2D eigenvalue weighted by Crippen LogP contribution is 2.26. The molecule has 1 amide bonds. The van der Waals surface area contributed by atoms with E-state index in [0.29, 0.717) is 12.0 Å². The summed E-state index contributed by atoms with van der Waals surface area (Å²) in [6, 6.07) is 5.21. The quantitative estimate of drug-likeness (QED) is 0.795. The van der Waals surface area contributed by atoms with E-state index in [9.17, 15) is 14.7 Å². The van der Waals surface area contributed by atoms with Crippen LogP contribution in [-0.2, 0) is 11.2 Å². The molecule has 0 fully saturated rings. The molecule has 1 heterocycles. The highest BCUT2D eigenvalue weighted by atomic mass is 16.3. The zero-order chi connectivity index (χ0) is 13.3. The van der Waals surface area contributed by atoms with Crippen LogP contribution in [0.4, 0.5) is 5.69 Å². The van der Waals surface area contributed by atoms with Gasteiger partial charge in [-0.2, -0.15) is 0 Å². The van der Waals surface area contributed by atoms with Crippen molar-refractivity contribution in [3.63, 3.8) is 0 Å². The maximum Gasteiger partial charge on any atom is 0.228 e. The summed E-state index contributed by atoms with van der Waals surface area (Å²) in [4.78, 5) is 23.5. The first-order chi connectivity index (χ1) is 8.52. The average molecular weight is 247 g/mol. The Balaban J connectivity index is 2.27. The highest BCUT2D eigenvalue weighted by Gasteiger charge is 2.25. The molecule has 96 valence electrons. The van der Waals surface area contributed by atoms with Gasteiger partial charge in [-0.1, -0.05) is 13.8 Å². The molecule has 1 atom stereocenters. The van der Waals surface area contributed by atoms with Gasteiger partial charge in [0.15, 0.2) is 5.78 Å². The fraction of sp³-hybridized carbons (Fsp3) is 0.429. The van der Waals surface area contributed by atoms with Gasteiger partial charge in [0.2, 0.25) is 5.91 Å². The lowest BCUT2D eigenvalue weighted by molar-refractivity contribution is -0.115. The van der Waals surface area contributed by atoms with E-state index in [0.717, 1.165) is 11.3 Å². The Hall–Kier alpha value is -1.68. The second-order valence-electron chi connectivity index (χ2n) is 4.99. The number of nitrogens with one attached hydrogen (secondary N) is 1. The van der Waals surface area contributed by atoms with Crippen molar-refractivity contribution in [3.05, 3.63) is 29.3 Å². The van der Waals surface area contributed by atoms with Crippen LogP contribution < -0.4 is 5.32 Å². The van der Waals surface area contributed by atoms with Crippen LogP contribution in [-0.4, -0.2) is 23.4 Å². The predicted octanol–water partition coefficient (Wildman–Crippen LogP) is 1.63. The largest absolute Gasteiger partial charge is 0.396 e. The summed E-state index contributed by atoms with van der Waals surface area (Å²) in [6.07, 6.45) is 0.321. The third-order valence-corrected chi connectivity index (χ3v) is 3.35. The average Bonchev–Trinajstić information content (AvgIpc) is 2.68. The molecular formula is C14H17NO3. The van der Waals surface area contributed by atoms with Crippen molar-refractivity contribution in [1.29, 1.82) is 0 Å². The molecule has 1 aromatic carbocycles. The van der Waals surface area contributed by atoms with Gasteiger partial charge in [-0.05, 0) is 29.7 Å². The molecular weight excluding hydrogens is 230 g/mol. The molecule has 1 aliphatic rings. The van der Waals surface area contributed by atoms with E-state index in [1.54, 1.807) is 18.2 Å². The lowest BCUT2D eigenvalue weighted by Crippen LogP contribution is -2.24. The van der Waals surface area contributed by atoms with Crippen molar-refractivity contribution >= 4 is 17.4 Å². The molecule has 1 aliphatic heterocycles. The van der Waals surface area contributed by atoms with Crippen LogP contribution in [0.2, 0.25) is 0 Å². The molecule has 0 spiro atoms. The summed E-state index contributed by atoms with van der Waals surface area (Å²) in [5, 5.41) is 12.0. The van der Waals surface area contributed by atoms with Crippen molar-refractivity contribution in [2.75, 3.05) is 11.9 Å². The number of hydrogen-bond donors (Lipinski definition) is 2. The maximum atomic E-state index is 12.2. The van der Waals surface area contributed by atoms with E-state index < -0.39 is 0 Å². The Morgan fingerprint density at radius 2 is 2.17 bits per heavy atom. The van der Waals surface area contributed by atoms with Crippen LogP contribution in [0.25, 0.3) is 0 Å². The monoisotopic (exact) mass is 247 g/mol. The van der Waals surface area contributed by atoms with Crippen molar-refractivity contribution in [2.24, 2.45) is 11.8 Å². The molecule has 4 heteroatoms. The Morgan fingerprint density at radius 1 is 1.44 bits per heavy atom. The number of anilines is 1. The van der Waals surface area contributed by atoms with Gasteiger partial charge in [0.1, 0.15) is 0 Å². The highest BCUT2D eigenvalue weighted by molar-refractivity contribution is 6.02. The summed E-state index contributed by atoms with van der Waals surface area (Å²) < 4.78 is 0. The summed E-state index contributed by atoms with van der Waals surface area (Å²) in [7, 11) is 0. The third-order valence-electron chi connectivity index (χ3n) is 3.35. The molecule has 1 unspecified atom stereocenters. The number of amides is 1. The molecule has 0 saturated carbocycles. The Labute approximate surface area is 106 Å². The SMILES string of the molecule is CC(C)C(CO)C(=O)c1ccc2c(c1)CC(=O)N2. The predicted molar refractivity (Wildman–Crippen MR) is 68.5 cm³/mol. The lowest BCUT2D eigenvalue weighted by Gasteiger charge is -2.17. The number of carbonyl (C=O) groups is 2. The molecule has 1 aromatic rings. The smallest absolute Gasteiger partial charge is 0.228 e. The third kappa shape index (κ3) is 2.29. The number of aliphatic hydroxyl groups excluding tert-OH is 1. The van der Waals surface area contributed by atoms with Crippen LogP contribution in [0.5, 0.6) is 0 Å². The van der Waals surface area contributed by atoms with E-state index in [2.05, 4.69) is 5.32 Å². The van der Waals surface area contributed by atoms with Gasteiger partial charge in [-0.3, -0.25) is 9.59 Å². The number of Topliss-reactive ketones (excluding diaryl/α,β-unsaturated/α-hetero) is 1. The second-order valence-corrected chi connectivity index (χ2v) is 4.99. The van der Waals surface area contributed by atoms with Crippen LogP contribution in [0.3, 0.4) is 0 Å². The van der Waals surface area contributed by atoms with Crippen molar-refractivity contribution in [3.8, 4) is 0 Å². The fourth-order valence-corrected chi connectivity index (χ4v) is 2.19. The Bertz CT molecular complexity index is 494. The van der Waals surface area contributed by atoms with Gasteiger partial charge in [-0.25, -0.2) is 0 Å². The molecule has 18 heavy (non-hydrogen) atoms. The maximum absolute atomic E-state index is 12.2. The fourth-order valence-electron chi connectivity index (χ4n) is 2.19. The minimum Gasteiger partial charge on any atom is -0.396 e. The molecule has 2 rings (SSSR count). The molecule has 0 bridgehead atoms. The van der Waals surface area contributed by atoms with Crippen LogP contribution in [0, 0.1) is 11.8 Å². The number of fused-ring (bicyclic) bond motifs is 1. The number of ketones is 1. The standard InChI is InChI=1S/C14H17NO3/c1-8(2)11(7-16)14(18)9-3-4-12-10(5-9)6-13(17)15-12/h3-5,8,11,16H,6-7H2,1-2H3,(H,15,17). The summed E-state index contributed by atoms with van der Waals surface area (Å²) >= 11 is 0. The number of rotatable bonds is 4. The molecule has 0 aromatic heterocycles. The molecule has 0 saturated heterocycles. The molecule has 4 nitrogen and oxygen atoms in total. The minimum absolute atomic E-state index is 0.0443. The molecule has 0 radical (unpaired) electrons. The van der Waals surface area contributed by atoms with E-state index in [1.807, 2.05) is 13.8 Å². The van der Waals surface area contributed by atoms with Gasteiger partial charge in [0, 0.05) is 17.2 Å². The van der Waals surface area contributed by atoms with Gasteiger partial charge in [0.25, 0.3) is 0 Å². The van der Waals surface area contributed by atoms with E-state index in [-0.39, 0.29) is 30.1 Å². The molecule has 0 aliphatic carbocycles. The number of aliphatic hydroxyl groups is 1. The number of carbonyl (C=O) groups excluding carboxylic acids is 2.